The molecule has 0 aliphatic carbocycles. The molecule has 18 heavy (non-hydrogen) atoms. The van der Waals surface area contributed by atoms with Crippen LogP contribution in [0.15, 0.2) is 12.0 Å². The first-order valence-electron chi connectivity index (χ1n) is 6.04. The van der Waals surface area contributed by atoms with Gasteiger partial charge in [-0.15, -0.1) is 0 Å². The summed E-state index contributed by atoms with van der Waals surface area (Å²) in [4.78, 5) is 1.42. The summed E-state index contributed by atoms with van der Waals surface area (Å²) in [7, 11) is 1.58. The summed E-state index contributed by atoms with van der Waals surface area (Å²) in [5.41, 5.74) is -0.954. The average molecular weight is 263 g/mol. The molecule has 0 spiro atoms. The molecule has 1 aliphatic heterocycles. The predicted octanol–water partition coefficient (Wildman–Crippen LogP) is 0.216. The molecule has 0 radical (unpaired) electrons. The maximum atomic E-state index is 13.2. The van der Waals surface area contributed by atoms with E-state index in [4.69, 9.17) is 4.74 Å². The Bertz CT molecular complexity index is 312. The van der Waals surface area contributed by atoms with Crippen molar-refractivity contribution in [2.75, 3.05) is 20.3 Å². The monoisotopic (exact) mass is 263 g/mol. The topological polar surface area (TPSA) is 73.2 Å². The quantitative estimate of drug-likeness (QED) is 0.661. The Morgan fingerprint density at radius 3 is 2.50 bits per heavy atom. The van der Waals surface area contributed by atoms with Crippen LogP contribution < -0.4 is 0 Å². The molecule has 1 aliphatic rings. The normalized spacial score (nSPS) is 37.1. The van der Waals surface area contributed by atoms with Gasteiger partial charge in [-0.05, 0) is 6.42 Å². The van der Waals surface area contributed by atoms with Crippen molar-refractivity contribution in [3.05, 3.63) is 12.0 Å². The fourth-order valence-electron chi connectivity index (χ4n) is 2.07. The minimum absolute atomic E-state index is 0.258. The van der Waals surface area contributed by atoms with Gasteiger partial charge < -0.3 is 25.0 Å². The van der Waals surface area contributed by atoms with Crippen LogP contribution >= 0.6 is 0 Å². The zero-order valence-corrected chi connectivity index (χ0v) is 11.0. The number of ether oxygens (including phenoxy) is 1. The summed E-state index contributed by atoms with van der Waals surface area (Å²) in [6.45, 7) is 2.69. The molecule has 4 unspecified atom stereocenters. The van der Waals surface area contributed by atoms with Crippen LogP contribution in [-0.2, 0) is 4.74 Å². The molecule has 0 aromatic heterocycles. The van der Waals surface area contributed by atoms with Gasteiger partial charge in [0.05, 0.1) is 19.3 Å². The highest BCUT2D eigenvalue weighted by molar-refractivity contribution is 5.01. The van der Waals surface area contributed by atoms with Crippen LogP contribution in [0.2, 0.25) is 0 Å². The van der Waals surface area contributed by atoms with Gasteiger partial charge in [-0.25, -0.2) is 4.39 Å². The Labute approximate surface area is 106 Å². The van der Waals surface area contributed by atoms with Gasteiger partial charge in [0.1, 0.15) is 11.9 Å². The highest BCUT2D eigenvalue weighted by Gasteiger charge is 2.53. The molecular formula is C12H22FNO4. The maximum absolute atomic E-state index is 13.2. The average Bonchev–Trinajstić information content (AvgIpc) is 2.62. The van der Waals surface area contributed by atoms with Crippen LogP contribution in [0.4, 0.5) is 4.39 Å². The summed E-state index contributed by atoms with van der Waals surface area (Å²) in [6.07, 6.45) is -0.954. The van der Waals surface area contributed by atoms with Crippen LogP contribution in [0.25, 0.3) is 0 Å². The second kappa shape index (κ2) is 5.97. The van der Waals surface area contributed by atoms with E-state index in [1.807, 2.05) is 0 Å². The number of nitrogens with zero attached hydrogens (tertiary/aromatic N) is 1. The molecule has 1 saturated heterocycles. The van der Waals surface area contributed by atoms with Crippen LogP contribution in [0.3, 0.4) is 0 Å². The fraction of sp³-hybridized carbons (Fsp3) is 0.833. The van der Waals surface area contributed by atoms with E-state index in [0.29, 0.717) is 0 Å². The van der Waals surface area contributed by atoms with Gasteiger partial charge >= 0.3 is 0 Å². The third-order valence-corrected chi connectivity index (χ3v) is 3.57. The maximum Gasteiger partial charge on any atom is 0.156 e. The fourth-order valence-corrected chi connectivity index (χ4v) is 2.07. The first-order chi connectivity index (χ1) is 8.40. The summed E-state index contributed by atoms with van der Waals surface area (Å²) in [5.74, 6) is -0.327. The van der Waals surface area contributed by atoms with Gasteiger partial charge in [0, 0.05) is 18.7 Å². The Hall–Kier alpha value is -0.690. The molecule has 4 atom stereocenters. The Morgan fingerprint density at radius 2 is 2.11 bits per heavy atom. The minimum Gasteiger partial charge on any atom is -0.396 e. The van der Waals surface area contributed by atoms with E-state index < -0.39 is 23.9 Å². The molecule has 0 saturated carbocycles. The van der Waals surface area contributed by atoms with E-state index in [-0.39, 0.29) is 25.5 Å². The van der Waals surface area contributed by atoms with E-state index in [2.05, 4.69) is 0 Å². The van der Waals surface area contributed by atoms with Gasteiger partial charge in [-0.1, -0.05) is 13.8 Å². The Kier molecular flexibility index (Phi) is 5.10. The number of hydrogen-bond acceptors (Lipinski definition) is 5. The first-order valence-corrected chi connectivity index (χ1v) is 6.04. The minimum atomic E-state index is -1.01. The van der Waals surface area contributed by atoms with E-state index in [1.165, 1.54) is 11.1 Å². The third-order valence-electron chi connectivity index (χ3n) is 3.57. The number of aliphatic hydroxyl groups excluding tert-OH is 3. The van der Waals surface area contributed by atoms with Gasteiger partial charge in [0.2, 0.25) is 0 Å². The molecule has 1 rings (SSSR count). The summed E-state index contributed by atoms with van der Waals surface area (Å²) in [6, 6.07) is 0. The molecular weight excluding hydrogens is 241 g/mol. The molecule has 106 valence electrons. The zero-order valence-electron chi connectivity index (χ0n) is 11.0. The summed E-state index contributed by atoms with van der Waals surface area (Å²) >= 11 is 0. The largest absolute Gasteiger partial charge is 0.396 e. The van der Waals surface area contributed by atoms with Gasteiger partial charge in [0.15, 0.2) is 6.23 Å². The third kappa shape index (κ3) is 2.66. The van der Waals surface area contributed by atoms with Crippen LogP contribution in [0.5, 0.6) is 0 Å². The van der Waals surface area contributed by atoms with E-state index in [1.54, 1.807) is 20.9 Å². The zero-order chi connectivity index (χ0) is 13.9. The number of allylic oxidation sites excluding steroid dienone is 1. The van der Waals surface area contributed by atoms with Crippen molar-refractivity contribution in [1.82, 2.24) is 4.90 Å². The molecule has 3 N–H and O–H groups in total. The second-order valence-corrected chi connectivity index (χ2v) is 4.90. The lowest BCUT2D eigenvalue weighted by Crippen LogP contribution is -2.45. The van der Waals surface area contributed by atoms with Crippen LogP contribution in [-0.4, -0.2) is 58.9 Å². The standard InChI is InChI=1S/C12H22FNO4/c1-4-8(13)5-14(3)11-10(17)12(2,7-16)9(6-15)18-11/h5,9-11,15-17H,4,6-7H2,1-3H3/b8-5+. The Morgan fingerprint density at radius 1 is 1.50 bits per heavy atom. The lowest BCUT2D eigenvalue weighted by atomic mass is 9.81. The highest BCUT2D eigenvalue weighted by atomic mass is 19.1. The van der Waals surface area contributed by atoms with Crippen molar-refractivity contribution < 1.29 is 24.4 Å². The van der Waals surface area contributed by atoms with Crippen molar-refractivity contribution in [1.29, 1.82) is 0 Å². The molecule has 1 fully saturated rings. The lowest BCUT2D eigenvalue weighted by Gasteiger charge is -2.30. The van der Waals surface area contributed by atoms with Crippen LogP contribution in [0, 0.1) is 5.41 Å². The van der Waals surface area contributed by atoms with Crippen molar-refractivity contribution in [2.24, 2.45) is 5.41 Å². The summed E-state index contributed by atoms with van der Waals surface area (Å²) < 4.78 is 18.7. The van der Waals surface area contributed by atoms with Gasteiger partial charge in [-0.3, -0.25) is 0 Å². The van der Waals surface area contributed by atoms with E-state index in [0.717, 1.165) is 0 Å². The van der Waals surface area contributed by atoms with Crippen molar-refractivity contribution >= 4 is 0 Å². The van der Waals surface area contributed by atoms with E-state index in [9.17, 15) is 19.7 Å². The molecule has 0 bridgehead atoms. The smallest absolute Gasteiger partial charge is 0.156 e. The highest BCUT2D eigenvalue weighted by Crippen LogP contribution is 2.39. The second-order valence-electron chi connectivity index (χ2n) is 4.90. The van der Waals surface area contributed by atoms with Gasteiger partial charge in [-0.2, -0.15) is 0 Å². The number of rotatable bonds is 5. The number of hydrogen-bond donors (Lipinski definition) is 3. The number of likely N-dealkylation sites (N-methyl/N-ethyl adjacent to an activating group) is 1. The number of aliphatic hydroxyl groups is 3. The van der Waals surface area contributed by atoms with Crippen molar-refractivity contribution in [3.63, 3.8) is 0 Å². The number of halogens is 1. The predicted molar refractivity (Wildman–Crippen MR) is 64.2 cm³/mol. The van der Waals surface area contributed by atoms with Crippen molar-refractivity contribution in [2.45, 2.75) is 38.7 Å². The molecule has 1 heterocycles. The molecule has 6 heteroatoms. The Balaban J connectivity index is 2.87. The van der Waals surface area contributed by atoms with E-state index >= 15 is 0 Å². The SMILES string of the molecule is CC/C(F)=C\N(C)C1OC(CO)C(C)(CO)C1O. The molecule has 0 aromatic carbocycles. The molecule has 0 aromatic rings. The van der Waals surface area contributed by atoms with Gasteiger partial charge in [0.25, 0.3) is 0 Å². The first kappa shape index (κ1) is 15.4. The molecule has 5 nitrogen and oxygen atoms in total. The summed E-state index contributed by atoms with van der Waals surface area (Å²) in [5, 5.41) is 28.8. The molecule has 0 amide bonds. The van der Waals surface area contributed by atoms with Crippen LogP contribution in [0.1, 0.15) is 20.3 Å². The lowest BCUT2D eigenvalue weighted by molar-refractivity contribution is -0.0729. The van der Waals surface area contributed by atoms with Crippen molar-refractivity contribution in [3.8, 4) is 0 Å².